The van der Waals surface area contributed by atoms with E-state index >= 15 is 0 Å². The SMILES string of the molecule is COc1ccc(Cc2cnc(NC(=O)/C(C#N)=C/c3cccc4ccccc34)s2)cc1. The molecule has 0 saturated carbocycles. The molecule has 31 heavy (non-hydrogen) atoms. The van der Waals surface area contributed by atoms with Crippen LogP contribution in [0, 0.1) is 11.3 Å². The highest BCUT2D eigenvalue weighted by atomic mass is 32.1. The molecule has 0 spiro atoms. The maximum absolute atomic E-state index is 12.7. The van der Waals surface area contributed by atoms with Crippen molar-refractivity contribution in [1.29, 1.82) is 5.26 Å². The van der Waals surface area contributed by atoms with Crippen LogP contribution in [0.2, 0.25) is 0 Å². The van der Waals surface area contributed by atoms with Crippen molar-refractivity contribution in [2.24, 2.45) is 0 Å². The Morgan fingerprint density at radius 3 is 2.68 bits per heavy atom. The molecule has 0 aliphatic heterocycles. The molecule has 1 aromatic heterocycles. The summed E-state index contributed by atoms with van der Waals surface area (Å²) >= 11 is 1.39. The minimum atomic E-state index is -0.471. The third-order valence-electron chi connectivity index (χ3n) is 4.80. The van der Waals surface area contributed by atoms with Crippen LogP contribution in [0.3, 0.4) is 0 Å². The highest BCUT2D eigenvalue weighted by Gasteiger charge is 2.13. The van der Waals surface area contributed by atoms with Crippen LogP contribution in [0.25, 0.3) is 16.8 Å². The Morgan fingerprint density at radius 1 is 1.13 bits per heavy atom. The molecule has 0 saturated heterocycles. The van der Waals surface area contributed by atoms with E-state index in [2.05, 4.69) is 10.3 Å². The molecule has 4 aromatic rings. The predicted molar refractivity (Wildman–Crippen MR) is 124 cm³/mol. The van der Waals surface area contributed by atoms with Crippen molar-refractivity contribution >= 4 is 39.2 Å². The van der Waals surface area contributed by atoms with E-state index in [1.165, 1.54) is 11.3 Å². The van der Waals surface area contributed by atoms with Gasteiger partial charge < -0.3 is 4.74 Å². The number of nitriles is 1. The Bertz CT molecular complexity index is 1300. The molecule has 0 atom stereocenters. The number of fused-ring (bicyclic) bond motifs is 1. The zero-order chi connectivity index (χ0) is 21.6. The molecule has 1 heterocycles. The molecule has 0 radical (unpaired) electrons. The first-order valence-electron chi connectivity index (χ1n) is 9.65. The highest BCUT2D eigenvalue weighted by molar-refractivity contribution is 7.15. The summed E-state index contributed by atoms with van der Waals surface area (Å²) in [6, 6.07) is 23.5. The standard InChI is InChI=1S/C25H19N3O2S/c1-30-21-11-9-17(10-12-21)13-22-16-27-25(31-22)28-24(29)20(15-26)14-19-7-4-6-18-5-2-3-8-23(18)19/h2-12,14,16H,13H2,1H3,(H,27,28,29)/b20-14+. The van der Waals surface area contributed by atoms with Crippen LogP contribution in [-0.4, -0.2) is 18.0 Å². The molecule has 0 bridgehead atoms. The quantitative estimate of drug-likeness (QED) is 0.330. The molecule has 4 rings (SSSR count). The van der Waals surface area contributed by atoms with Gasteiger partial charge in [-0.25, -0.2) is 4.98 Å². The number of nitrogens with zero attached hydrogens (tertiary/aromatic N) is 2. The average Bonchev–Trinajstić information content (AvgIpc) is 3.24. The molecular formula is C25H19N3O2S. The number of carbonyl (C=O) groups is 1. The summed E-state index contributed by atoms with van der Waals surface area (Å²) in [6.45, 7) is 0. The fraction of sp³-hybridized carbons (Fsp3) is 0.0800. The van der Waals surface area contributed by atoms with Crippen LogP contribution in [0.1, 0.15) is 16.0 Å². The topological polar surface area (TPSA) is 75.0 Å². The van der Waals surface area contributed by atoms with Gasteiger partial charge in [-0.1, -0.05) is 54.6 Å². The van der Waals surface area contributed by atoms with Gasteiger partial charge in [0, 0.05) is 17.5 Å². The average molecular weight is 426 g/mol. The maximum Gasteiger partial charge on any atom is 0.268 e. The van der Waals surface area contributed by atoms with Gasteiger partial charge in [-0.3, -0.25) is 10.1 Å². The zero-order valence-electron chi connectivity index (χ0n) is 16.8. The lowest BCUT2D eigenvalue weighted by atomic mass is 10.0. The lowest BCUT2D eigenvalue weighted by Gasteiger charge is -2.04. The van der Waals surface area contributed by atoms with Gasteiger partial charge in [0.25, 0.3) is 5.91 Å². The molecule has 0 unspecified atom stereocenters. The van der Waals surface area contributed by atoms with E-state index in [1.54, 1.807) is 19.4 Å². The molecule has 3 aromatic carbocycles. The van der Waals surface area contributed by atoms with Gasteiger partial charge in [0.15, 0.2) is 5.13 Å². The van der Waals surface area contributed by atoms with Gasteiger partial charge in [-0.2, -0.15) is 5.26 Å². The minimum absolute atomic E-state index is 0.0308. The van der Waals surface area contributed by atoms with E-state index < -0.39 is 5.91 Å². The number of ether oxygens (including phenoxy) is 1. The fourth-order valence-corrected chi connectivity index (χ4v) is 4.08. The smallest absolute Gasteiger partial charge is 0.268 e. The van der Waals surface area contributed by atoms with E-state index in [9.17, 15) is 10.1 Å². The Labute approximate surface area is 184 Å². The summed E-state index contributed by atoms with van der Waals surface area (Å²) in [7, 11) is 1.64. The normalized spacial score (nSPS) is 11.2. The van der Waals surface area contributed by atoms with Gasteiger partial charge in [-0.15, -0.1) is 11.3 Å². The number of anilines is 1. The molecule has 6 heteroatoms. The minimum Gasteiger partial charge on any atom is -0.497 e. The Hall–Kier alpha value is -3.95. The number of thiazole rings is 1. The van der Waals surface area contributed by atoms with E-state index in [-0.39, 0.29) is 5.57 Å². The highest BCUT2D eigenvalue weighted by Crippen LogP contribution is 2.24. The molecular weight excluding hydrogens is 406 g/mol. The van der Waals surface area contributed by atoms with Gasteiger partial charge in [-0.05, 0) is 40.1 Å². The fourth-order valence-electron chi connectivity index (χ4n) is 3.24. The molecule has 0 fully saturated rings. The second-order valence-corrected chi connectivity index (χ2v) is 7.96. The Balaban J connectivity index is 1.49. The first-order chi connectivity index (χ1) is 15.2. The monoisotopic (exact) mass is 425 g/mol. The second kappa shape index (κ2) is 9.24. The van der Waals surface area contributed by atoms with Crippen LogP contribution in [0.15, 0.2) is 78.5 Å². The molecule has 0 aliphatic rings. The van der Waals surface area contributed by atoms with Gasteiger partial charge >= 0.3 is 0 Å². The van der Waals surface area contributed by atoms with Crippen LogP contribution < -0.4 is 10.1 Å². The van der Waals surface area contributed by atoms with E-state index in [1.807, 2.05) is 72.8 Å². The number of nitrogens with one attached hydrogen (secondary N) is 1. The summed E-state index contributed by atoms with van der Waals surface area (Å²) in [5, 5.41) is 14.8. The van der Waals surface area contributed by atoms with E-state index in [4.69, 9.17) is 4.74 Å². The molecule has 1 N–H and O–H groups in total. The van der Waals surface area contributed by atoms with Crippen molar-refractivity contribution in [1.82, 2.24) is 4.98 Å². The molecule has 0 aliphatic carbocycles. The Morgan fingerprint density at radius 2 is 1.90 bits per heavy atom. The van der Waals surface area contributed by atoms with Crippen LogP contribution in [0.4, 0.5) is 5.13 Å². The number of rotatable bonds is 6. The number of methoxy groups -OCH3 is 1. The van der Waals surface area contributed by atoms with E-state index in [0.29, 0.717) is 11.6 Å². The van der Waals surface area contributed by atoms with Crippen LogP contribution in [-0.2, 0) is 11.2 Å². The summed E-state index contributed by atoms with van der Waals surface area (Å²) in [4.78, 5) is 18.0. The third kappa shape index (κ3) is 4.80. The van der Waals surface area contributed by atoms with Crippen molar-refractivity contribution in [3.8, 4) is 11.8 Å². The van der Waals surface area contributed by atoms with Gasteiger partial charge in [0.05, 0.1) is 7.11 Å². The number of hydrogen-bond donors (Lipinski definition) is 1. The second-order valence-electron chi connectivity index (χ2n) is 6.85. The van der Waals surface area contributed by atoms with Crippen molar-refractivity contribution in [3.63, 3.8) is 0 Å². The number of amides is 1. The summed E-state index contributed by atoms with van der Waals surface area (Å²) in [5.41, 5.74) is 1.98. The van der Waals surface area contributed by atoms with Gasteiger partial charge in [0.1, 0.15) is 17.4 Å². The summed E-state index contributed by atoms with van der Waals surface area (Å²) in [5.74, 6) is 0.337. The first kappa shape index (κ1) is 20.3. The molecule has 5 nitrogen and oxygen atoms in total. The summed E-state index contributed by atoms with van der Waals surface area (Å²) in [6.07, 6.45) is 4.06. The van der Waals surface area contributed by atoms with E-state index in [0.717, 1.165) is 32.5 Å². The number of carbonyl (C=O) groups excluding carboxylic acids is 1. The largest absolute Gasteiger partial charge is 0.497 e. The van der Waals surface area contributed by atoms with Crippen LogP contribution in [0.5, 0.6) is 5.75 Å². The van der Waals surface area contributed by atoms with Crippen molar-refractivity contribution < 1.29 is 9.53 Å². The lowest BCUT2D eigenvalue weighted by Crippen LogP contribution is -2.13. The third-order valence-corrected chi connectivity index (χ3v) is 5.71. The number of hydrogen-bond acceptors (Lipinski definition) is 5. The number of benzene rings is 3. The van der Waals surface area contributed by atoms with Crippen LogP contribution >= 0.6 is 11.3 Å². The Kier molecular flexibility index (Phi) is 6.06. The maximum atomic E-state index is 12.7. The first-order valence-corrected chi connectivity index (χ1v) is 10.5. The van der Waals surface area contributed by atoms with Crippen molar-refractivity contribution in [2.45, 2.75) is 6.42 Å². The predicted octanol–water partition coefficient (Wildman–Crippen LogP) is 5.44. The molecule has 152 valence electrons. The van der Waals surface area contributed by atoms with Crippen molar-refractivity contribution in [3.05, 3.63) is 94.5 Å². The lowest BCUT2D eigenvalue weighted by molar-refractivity contribution is -0.112. The zero-order valence-corrected chi connectivity index (χ0v) is 17.6. The van der Waals surface area contributed by atoms with Gasteiger partial charge in [0.2, 0.25) is 0 Å². The summed E-state index contributed by atoms with van der Waals surface area (Å²) < 4.78 is 5.18. The number of aromatic nitrogens is 1. The van der Waals surface area contributed by atoms with Crippen molar-refractivity contribution in [2.75, 3.05) is 12.4 Å². The molecule has 1 amide bonds.